The lowest BCUT2D eigenvalue weighted by Gasteiger charge is -2.14. The van der Waals surface area contributed by atoms with Gasteiger partial charge in [0, 0.05) is 26.5 Å². The summed E-state index contributed by atoms with van der Waals surface area (Å²) in [5, 5.41) is 23.0. The first-order valence-electron chi connectivity index (χ1n) is 8.50. The van der Waals surface area contributed by atoms with Crippen LogP contribution in [0.15, 0.2) is 12.4 Å². The van der Waals surface area contributed by atoms with Crippen molar-refractivity contribution < 1.29 is 71.4 Å². The van der Waals surface area contributed by atoms with Crippen molar-refractivity contribution in [3.63, 3.8) is 0 Å². The molecule has 0 aliphatic rings. The van der Waals surface area contributed by atoms with Gasteiger partial charge >= 0.3 is 30.2 Å². The molecule has 0 aromatic carbocycles. The monoisotopic (exact) mass is 605 g/mol. The number of carboxylic acids is 1. The zero-order valence-electron chi connectivity index (χ0n) is 18.0. The number of rotatable bonds is 3. The number of halogens is 14. The Labute approximate surface area is 211 Å². The summed E-state index contributed by atoms with van der Waals surface area (Å²) < 4.78 is 158. The van der Waals surface area contributed by atoms with Gasteiger partial charge in [-0.1, -0.05) is 14.9 Å². The molecule has 0 aliphatic carbocycles. The maximum Gasteiger partial charge on any atom is 0.456 e. The van der Waals surface area contributed by atoms with Crippen molar-refractivity contribution in [1.82, 2.24) is 19.6 Å². The number of hydrogen-bond acceptors (Lipinski definition) is 4. The van der Waals surface area contributed by atoms with Crippen LogP contribution in [0.2, 0.25) is 0 Å². The minimum absolute atomic E-state index is 0. The minimum Gasteiger partial charge on any atom is -0.477 e. The van der Waals surface area contributed by atoms with Gasteiger partial charge in [0.1, 0.15) is 17.2 Å². The summed E-state index contributed by atoms with van der Waals surface area (Å²) in [5.41, 5.74) is -0.417. The molecular formula is C18H21F14N5O2. The molecule has 0 bridgehead atoms. The van der Waals surface area contributed by atoms with E-state index in [4.69, 9.17) is 10.4 Å². The molecule has 39 heavy (non-hydrogen) atoms. The molecule has 2 aromatic heterocycles. The van der Waals surface area contributed by atoms with Crippen LogP contribution in [0.5, 0.6) is 0 Å². The standard InChI is InChI=1S/C5H4FN3.C5H5FN2O2.2C3H2F6.2CH4/c1-9-3-4(2-7)5(6)8-9;1-8-2-3(5(9)10)4(6)7-8;2*4-1-2(5,6)3(7,8)9;;/h3H,1H3;2H,1H3,(H,9,10);2*1H2;2*1H4. The molecule has 2 heterocycles. The van der Waals surface area contributed by atoms with Gasteiger partial charge in [0.2, 0.25) is 11.9 Å². The second kappa shape index (κ2) is 16.4. The Hall–Kier alpha value is -3.60. The molecule has 0 fully saturated rings. The number of aryl methyl sites for hydroxylation is 2. The van der Waals surface area contributed by atoms with Crippen LogP contribution in [-0.4, -0.2) is 68.2 Å². The number of aromatic nitrogens is 4. The molecule has 21 heteroatoms. The molecule has 2 rings (SSSR count). The van der Waals surface area contributed by atoms with E-state index in [1.54, 1.807) is 13.1 Å². The quantitative estimate of drug-likeness (QED) is 0.417. The fourth-order valence-electron chi connectivity index (χ4n) is 1.29. The first kappa shape index (κ1) is 42.5. The van der Waals surface area contributed by atoms with Gasteiger partial charge in [0.25, 0.3) is 0 Å². The van der Waals surface area contributed by atoms with E-state index in [9.17, 15) is 66.3 Å². The van der Waals surface area contributed by atoms with Gasteiger partial charge in [-0.15, -0.1) is 10.2 Å². The molecule has 228 valence electrons. The molecule has 2 aromatic rings. The molecule has 1 N–H and O–H groups in total. The zero-order valence-corrected chi connectivity index (χ0v) is 18.0. The second-order valence-electron chi connectivity index (χ2n) is 6.10. The van der Waals surface area contributed by atoms with Crippen LogP contribution in [-0.2, 0) is 14.1 Å². The van der Waals surface area contributed by atoms with Crippen LogP contribution in [0.1, 0.15) is 30.8 Å². The Morgan fingerprint density at radius 3 is 1.26 bits per heavy atom. The van der Waals surface area contributed by atoms with E-state index in [0.717, 1.165) is 10.9 Å². The number of alkyl halides is 12. The van der Waals surface area contributed by atoms with Crippen molar-refractivity contribution in [3.8, 4) is 6.07 Å². The van der Waals surface area contributed by atoms with Crippen molar-refractivity contribution in [2.45, 2.75) is 39.1 Å². The molecule has 0 saturated heterocycles. The molecule has 0 radical (unpaired) electrons. The normalized spacial score (nSPS) is 11.1. The summed E-state index contributed by atoms with van der Waals surface area (Å²) in [4.78, 5) is 10.1. The van der Waals surface area contributed by atoms with Crippen molar-refractivity contribution in [2.24, 2.45) is 14.1 Å². The maximum atomic E-state index is 12.3. The van der Waals surface area contributed by atoms with E-state index in [0.29, 0.717) is 0 Å². The van der Waals surface area contributed by atoms with E-state index >= 15 is 0 Å². The third-order valence-corrected chi connectivity index (χ3v) is 3.08. The highest BCUT2D eigenvalue weighted by Crippen LogP contribution is 2.36. The van der Waals surface area contributed by atoms with Gasteiger partial charge in [0.05, 0.1) is 0 Å². The molecule has 0 spiro atoms. The third kappa shape index (κ3) is 14.2. The molecule has 0 amide bonds. The van der Waals surface area contributed by atoms with Gasteiger partial charge in [-0.05, 0) is 0 Å². The number of carbonyl (C=O) groups is 1. The predicted molar refractivity (Wildman–Crippen MR) is 105 cm³/mol. The Bertz CT molecular complexity index is 1010. The van der Waals surface area contributed by atoms with Gasteiger partial charge < -0.3 is 5.11 Å². The highest BCUT2D eigenvalue weighted by atomic mass is 19.4. The van der Waals surface area contributed by atoms with Crippen LogP contribution in [0, 0.1) is 23.2 Å². The Balaban J connectivity index is -0.000000206. The van der Waals surface area contributed by atoms with Crippen LogP contribution in [0.25, 0.3) is 0 Å². The van der Waals surface area contributed by atoms with Crippen LogP contribution in [0.4, 0.5) is 61.5 Å². The van der Waals surface area contributed by atoms with Crippen LogP contribution < -0.4 is 0 Å². The summed E-state index contributed by atoms with van der Waals surface area (Å²) in [6.45, 7) is -5.40. The highest BCUT2D eigenvalue weighted by Gasteiger charge is 2.58. The van der Waals surface area contributed by atoms with Crippen molar-refractivity contribution in [3.05, 3.63) is 35.4 Å². The van der Waals surface area contributed by atoms with Crippen LogP contribution in [0.3, 0.4) is 0 Å². The lowest BCUT2D eigenvalue weighted by atomic mass is 10.4. The van der Waals surface area contributed by atoms with E-state index in [-0.39, 0.29) is 20.4 Å². The average molecular weight is 605 g/mol. The van der Waals surface area contributed by atoms with E-state index in [1.165, 1.54) is 17.9 Å². The molecule has 0 aliphatic heterocycles. The van der Waals surface area contributed by atoms with Gasteiger partial charge in [-0.3, -0.25) is 9.36 Å². The fraction of sp³-hybridized carbons (Fsp3) is 0.556. The summed E-state index contributed by atoms with van der Waals surface area (Å²) in [6.07, 6.45) is -9.09. The van der Waals surface area contributed by atoms with Crippen molar-refractivity contribution in [1.29, 1.82) is 5.26 Å². The van der Waals surface area contributed by atoms with Crippen molar-refractivity contribution >= 4 is 5.97 Å². The molecule has 7 nitrogen and oxygen atoms in total. The third-order valence-electron chi connectivity index (χ3n) is 3.08. The van der Waals surface area contributed by atoms with E-state index in [2.05, 4.69) is 10.2 Å². The lowest BCUT2D eigenvalue weighted by Crippen LogP contribution is -2.38. The Kier molecular flexibility index (Phi) is 17.8. The first-order chi connectivity index (χ1) is 16.5. The molecule has 0 saturated carbocycles. The number of aromatic carboxylic acids is 1. The highest BCUT2D eigenvalue weighted by molar-refractivity contribution is 5.87. The maximum absolute atomic E-state index is 12.3. The second-order valence-corrected chi connectivity index (χ2v) is 6.10. The minimum atomic E-state index is -5.76. The van der Waals surface area contributed by atoms with E-state index < -0.39 is 61.0 Å². The summed E-state index contributed by atoms with van der Waals surface area (Å²) in [7, 11) is 3.01. The number of hydrogen-bond donors (Lipinski definition) is 1. The van der Waals surface area contributed by atoms with E-state index in [1.807, 2.05) is 0 Å². The molecular weight excluding hydrogens is 584 g/mol. The summed E-state index contributed by atoms with van der Waals surface area (Å²) >= 11 is 0. The largest absolute Gasteiger partial charge is 0.477 e. The SMILES string of the molecule is C.C.Cn1cc(C#N)c(F)n1.Cn1cc(C(=O)O)c(F)n1.FCC(F)(F)C(F)(F)F.FCC(F)(F)C(F)(F)F. The fourth-order valence-corrected chi connectivity index (χ4v) is 1.29. The average Bonchev–Trinajstić information content (AvgIpc) is 3.26. The number of carboxylic acid groups (broad SMARTS) is 1. The molecule has 0 unspecified atom stereocenters. The van der Waals surface area contributed by atoms with Gasteiger partial charge in [-0.25, -0.2) is 13.6 Å². The smallest absolute Gasteiger partial charge is 0.456 e. The number of nitriles is 1. The Morgan fingerprint density at radius 2 is 1.15 bits per heavy atom. The summed E-state index contributed by atoms with van der Waals surface area (Å²) in [5.74, 6) is -13.3. The lowest BCUT2D eigenvalue weighted by molar-refractivity contribution is -0.286. The number of nitrogens with zero attached hydrogens (tertiary/aromatic N) is 5. The first-order valence-corrected chi connectivity index (χ1v) is 8.50. The van der Waals surface area contributed by atoms with Gasteiger partial charge in [-0.2, -0.15) is 57.9 Å². The molecule has 0 atom stereocenters. The summed E-state index contributed by atoms with van der Waals surface area (Å²) in [6, 6.07) is 1.66. The Morgan fingerprint density at radius 1 is 0.821 bits per heavy atom. The van der Waals surface area contributed by atoms with Gasteiger partial charge in [0.15, 0.2) is 13.3 Å². The topological polar surface area (TPSA) is 96.7 Å². The zero-order chi connectivity index (χ0) is 30.0. The predicted octanol–water partition coefficient (Wildman–Crippen LogP) is 6.27. The van der Waals surface area contributed by atoms with Crippen LogP contribution >= 0.6 is 0 Å². The van der Waals surface area contributed by atoms with Crippen molar-refractivity contribution in [2.75, 3.05) is 13.3 Å².